The van der Waals surface area contributed by atoms with Gasteiger partial charge in [-0.05, 0) is 0 Å². The van der Waals surface area contributed by atoms with Crippen LogP contribution in [0, 0.1) is 0 Å². The molecule has 0 aromatic rings. The molecule has 0 spiro atoms. The Morgan fingerprint density at radius 3 is 2.70 bits per heavy atom. The van der Waals surface area contributed by atoms with Crippen LogP contribution in [0.15, 0.2) is 16.3 Å². The number of halogens is 2. The van der Waals surface area contributed by atoms with Gasteiger partial charge in [0.15, 0.2) is 0 Å². The molecular formula is C3H4Cl2N3NaO. The fraction of sp³-hybridized carbons (Fsp3) is 0. The van der Waals surface area contributed by atoms with E-state index in [0.29, 0.717) is 10.3 Å². The normalized spacial score (nSPS) is 16.5. The zero-order valence-electron chi connectivity index (χ0n) is 6.20. The van der Waals surface area contributed by atoms with Crippen molar-refractivity contribution in [2.24, 2.45) is 5.10 Å². The Kier molecular flexibility index (Phi) is 4.68. The van der Waals surface area contributed by atoms with E-state index in [1.54, 1.807) is 0 Å². The molecule has 0 fully saturated rings. The van der Waals surface area contributed by atoms with Gasteiger partial charge in [0.2, 0.25) is 0 Å². The monoisotopic (exact) mass is 191 g/mol. The second kappa shape index (κ2) is 4.43. The maximum absolute atomic E-state index is 8.62. The summed E-state index contributed by atoms with van der Waals surface area (Å²) in [7, 11) is 0. The standard InChI is InChI=1S/C3H3Cl2N3O.Na.H/c4-3-1-6-8(9)7(5)2-3;;/h1-2,9H;;/q;+1;-1. The number of hydrazone groups is 1. The average molecular weight is 192 g/mol. The van der Waals surface area contributed by atoms with E-state index < -0.39 is 0 Å². The molecule has 0 aliphatic carbocycles. The molecule has 10 heavy (non-hydrogen) atoms. The first-order valence-corrected chi connectivity index (χ1v) is 2.77. The summed E-state index contributed by atoms with van der Waals surface area (Å²) >= 11 is 10.7. The minimum absolute atomic E-state index is 0. The SMILES string of the molecule is ON1N=CC(Cl)=CN1Cl.[H-].[Na+]. The quantitative estimate of drug-likeness (QED) is 0.365. The third-order valence-electron chi connectivity index (χ3n) is 0.685. The predicted molar refractivity (Wildman–Crippen MR) is 34.9 cm³/mol. The van der Waals surface area contributed by atoms with Crippen molar-refractivity contribution in [3.8, 4) is 0 Å². The Labute approximate surface area is 91.5 Å². The van der Waals surface area contributed by atoms with Crippen LogP contribution in [0.3, 0.4) is 0 Å². The minimum Gasteiger partial charge on any atom is -1.00 e. The van der Waals surface area contributed by atoms with Crippen molar-refractivity contribution >= 4 is 29.6 Å². The van der Waals surface area contributed by atoms with Gasteiger partial charge in [0.05, 0.1) is 17.4 Å². The van der Waals surface area contributed by atoms with E-state index >= 15 is 0 Å². The molecule has 0 aromatic heterocycles. The molecule has 52 valence electrons. The first-order valence-electron chi connectivity index (χ1n) is 2.05. The molecule has 7 heteroatoms. The van der Waals surface area contributed by atoms with Gasteiger partial charge in [0, 0.05) is 11.8 Å². The van der Waals surface area contributed by atoms with E-state index in [1.165, 1.54) is 12.4 Å². The molecule has 1 rings (SSSR count). The number of hydrogen-bond acceptors (Lipinski definition) is 4. The van der Waals surface area contributed by atoms with E-state index in [2.05, 4.69) is 5.10 Å². The van der Waals surface area contributed by atoms with Crippen LogP contribution in [0.25, 0.3) is 0 Å². The molecule has 0 saturated carbocycles. The predicted octanol–water partition coefficient (Wildman–Crippen LogP) is -1.76. The summed E-state index contributed by atoms with van der Waals surface area (Å²) in [4.78, 5) is 0. The van der Waals surface area contributed by atoms with Crippen LogP contribution in [0.1, 0.15) is 1.43 Å². The fourth-order valence-corrected chi connectivity index (χ4v) is 0.673. The first kappa shape index (κ1) is 10.6. The van der Waals surface area contributed by atoms with Gasteiger partial charge in [-0.15, -0.1) is 5.10 Å². The van der Waals surface area contributed by atoms with Gasteiger partial charge in [0.25, 0.3) is 0 Å². The molecule has 0 bridgehead atoms. The Morgan fingerprint density at radius 1 is 1.70 bits per heavy atom. The van der Waals surface area contributed by atoms with Crippen molar-refractivity contribution in [1.82, 2.24) is 9.81 Å². The third-order valence-corrected chi connectivity index (χ3v) is 1.11. The van der Waals surface area contributed by atoms with Crippen molar-refractivity contribution in [1.29, 1.82) is 0 Å². The van der Waals surface area contributed by atoms with Gasteiger partial charge < -0.3 is 1.43 Å². The van der Waals surface area contributed by atoms with E-state index in [1.807, 2.05) is 0 Å². The summed E-state index contributed by atoms with van der Waals surface area (Å²) in [6, 6.07) is 0. The topological polar surface area (TPSA) is 39.1 Å². The molecular weight excluding hydrogens is 188 g/mol. The van der Waals surface area contributed by atoms with Gasteiger partial charge in [-0.3, -0.25) is 5.21 Å². The van der Waals surface area contributed by atoms with Crippen LogP contribution in [-0.4, -0.2) is 21.2 Å². The molecule has 0 saturated heterocycles. The van der Waals surface area contributed by atoms with Crippen LogP contribution in [0.5, 0.6) is 0 Å². The Hall–Kier alpha value is 0.550. The molecule has 0 aromatic carbocycles. The fourth-order valence-electron chi connectivity index (χ4n) is 0.343. The second-order valence-corrected chi connectivity index (χ2v) is 2.10. The molecule has 0 atom stereocenters. The van der Waals surface area contributed by atoms with Gasteiger partial charge in [-0.1, -0.05) is 16.9 Å². The van der Waals surface area contributed by atoms with E-state index in [4.69, 9.17) is 28.6 Å². The largest absolute Gasteiger partial charge is 1.00 e. The number of rotatable bonds is 0. The Balaban J connectivity index is 0. The van der Waals surface area contributed by atoms with Crippen molar-refractivity contribution in [3.05, 3.63) is 11.2 Å². The zero-order valence-corrected chi connectivity index (χ0v) is 8.71. The van der Waals surface area contributed by atoms with Crippen LogP contribution in [0.2, 0.25) is 0 Å². The molecule has 1 N–H and O–H groups in total. The molecule has 0 radical (unpaired) electrons. The van der Waals surface area contributed by atoms with Gasteiger partial charge in [-0.25, -0.2) is 0 Å². The van der Waals surface area contributed by atoms with E-state index in [-0.39, 0.29) is 31.0 Å². The minimum atomic E-state index is 0. The van der Waals surface area contributed by atoms with Crippen molar-refractivity contribution in [3.63, 3.8) is 0 Å². The molecule has 0 unspecified atom stereocenters. The van der Waals surface area contributed by atoms with E-state index in [9.17, 15) is 0 Å². The maximum Gasteiger partial charge on any atom is 1.00 e. The van der Waals surface area contributed by atoms with Crippen molar-refractivity contribution in [2.45, 2.75) is 0 Å². The summed E-state index contributed by atoms with van der Waals surface area (Å²) in [6.07, 6.45) is 2.57. The average Bonchev–Trinajstić information content (AvgIpc) is 1.80. The molecule has 1 heterocycles. The number of nitrogens with zero attached hydrogens (tertiary/aromatic N) is 3. The van der Waals surface area contributed by atoms with Crippen molar-refractivity contribution in [2.75, 3.05) is 0 Å². The van der Waals surface area contributed by atoms with Gasteiger partial charge in [0.1, 0.15) is 0 Å². The summed E-state index contributed by atoms with van der Waals surface area (Å²) < 4.78 is 0.822. The second-order valence-electron chi connectivity index (χ2n) is 1.32. The molecule has 1 aliphatic heterocycles. The van der Waals surface area contributed by atoms with E-state index in [0.717, 1.165) is 4.53 Å². The first-order chi connectivity index (χ1) is 4.20. The van der Waals surface area contributed by atoms with Crippen LogP contribution >= 0.6 is 23.4 Å². The summed E-state index contributed by atoms with van der Waals surface area (Å²) in [5, 5.41) is 12.8. The smallest absolute Gasteiger partial charge is 1.00 e. The Morgan fingerprint density at radius 2 is 2.30 bits per heavy atom. The van der Waals surface area contributed by atoms with Crippen LogP contribution in [-0.2, 0) is 0 Å². The molecule has 1 aliphatic rings. The maximum atomic E-state index is 8.62. The van der Waals surface area contributed by atoms with Crippen LogP contribution < -0.4 is 29.6 Å². The van der Waals surface area contributed by atoms with Crippen LogP contribution in [0.4, 0.5) is 0 Å². The summed E-state index contributed by atoms with van der Waals surface area (Å²) in [5.41, 5.74) is 0. The number of allylic oxidation sites excluding steroid dienone is 1. The summed E-state index contributed by atoms with van der Waals surface area (Å²) in [5.74, 6) is 0. The van der Waals surface area contributed by atoms with Gasteiger partial charge >= 0.3 is 29.6 Å². The van der Waals surface area contributed by atoms with Gasteiger partial charge in [-0.2, -0.15) is 4.53 Å². The third kappa shape index (κ3) is 2.65. The Bertz CT molecular complexity index is 178. The molecule has 0 amide bonds. The van der Waals surface area contributed by atoms with Crippen molar-refractivity contribution < 1.29 is 36.2 Å². The summed E-state index contributed by atoms with van der Waals surface area (Å²) in [6.45, 7) is 0. The number of hydrogen-bond donors (Lipinski definition) is 1. The zero-order chi connectivity index (χ0) is 6.85. The number of hydrazine groups is 1. The molecule has 4 nitrogen and oxygen atoms in total.